The van der Waals surface area contributed by atoms with E-state index in [0.29, 0.717) is 24.0 Å². The zero-order chi connectivity index (χ0) is 26.2. The van der Waals surface area contributed by atoms with Crippen LogP contribution in [0.25, 0.3) is 0 Å². The van der Waals surface area contributed by atoms with Crippen LogP contribution in [0.5, 0.6) is 0 Å². The highest BCUT2D eigenvalue weighted by Crippen LogP contribution is 2.73. The van der Waals surface area contributed by atoms with Crippen LogP contribution in [0.1, 0.15) is 99.8 Å². The summed E-state index contributed by atoms with van der Waals surface area (Å²) in [6.07, 6.45) is 7.36. The van der Waals surface area contributed by atoms with Gasteiger partial charge in [0.05, 0.1) is 11.7 Å². The number of carbonyl (C=O) groups excluding carboxylic acids is 1. The van der Waals surface area contributed by atoms with Crippen LogP contribution in [0.4, 0.5) is 0 Å². The zero-order valence-corrected chi connectivity index (χ0v) is 23.1. The van der Waals surface area contributed by atoms with Crippen molar-refractivity contribution in [1.82, 2.24) is 0 Å². The van der Waals surface area contributed by atoms with Crippen molar-refractivity contribution in [2.75, 3.05) is 6.61 Å². The lowest BCUT2D eigenvalue weighted by Gasteiger charge is -2.63. The van der Waals surface area contributed by atoms with Gasteiger partial charge < -0.3 is 20.4 Å². The molecule has 0 radical (unpaired) electrons. The largest absolute Gasteiger partial charge is 0.396 e. The number of aliphatic hydroxyl groups excluding tert-OH is 3. The fourth-order valence-electron chi connectivity index (χ4n) is 9.59. The molecule has 5 nitrogen and oxygen atoms in total. The van der Waals surface area contributed by atoms with Crippen molar-refractivity contribution in [2.24, 2.45) is 45.3 Å². The summed E-state index contributed by atoms with van der Waals surface area (Å²) in [5.74, 6) is 1.43. The van der Waals surface area contributed by atoms with Gasteiger partial charge in [-0.05, 0) is 98.7 Å². The number of hydrogen-bond acceptors (Lipinski definition) is 5. The molecule has 0 unspecified atom stereocenters. The van der Waals surface area contributed by atoms with Crippen molar-refractivity contribution in [3.63, 3.8) is 0 Å². The molecular formula is C30H50O5. The molecule has 0 aromatic heterocycles. The first kappa shape index (κ1) is 27.3. The monoisotopic (exact) mass is 490 g/mol. The van der Waals surface area contributed by atoms with Gasteiger partial charge in [-0.15, -0.1) is 0 Å². The number of carbonyl (C=O) groups is 1. The third kappa shape index (κ3) is 3.90. The third-order valence-corrected chi connectivity index (χ3v) is 12.1. The van der Waals surface area contributed by atoms with Crippen molar-refractivity contribution >= 4 is 5.78 Å². The quantitative estimate of drug-likeness (QED) is 0.406. The Balaban J connectivity index is 1.63. The Morgan fingerprint density at radius 3 is 2.31 bits per heavy atom. The summed E-state index contributed by atoms with van der Waals surface area (Å²) < 4.78 is 0. The van der Waals surface area contributed by atoms with E-state index in [1.165, 1.54) is 13.8 Å². The Hall–Kier alpha value is -0.750. The molecule has 9 atom stereocenters. The summed E-state index contributed by atoms with van der Waals surface area (Å²) in [4.78, 5) is 12.8. The Morgan fingerprint density at radius 2 is 1.71 bits per heavy atom. The molecule has 4 aliphatic carbocycles. The Labute approximate surface area is 212 Å². The third-order valence-electron chi connectivity index (χ3n) is 12.1. The number of fused-ring (bicyclic) bond motifs is 5. The molecule has 3 saturated carbocycles. The van der Waals surface area contributed by atoms with Crippen molar-refractivity contribution in [3.05, 3.63) is 11.6 Å². The highest BCUT2D eigenvalue weighted by Gasteiger charge is 2.65. The Bertz CT molecular complexity index is 870. The van der Waals surface area contributed by atoms with Gasteiger partial charge >= 0.3 is 0 Å². The number of Topliss-reactive ketones (excluding diaryl/α,β-unsaturated/α-hetero) is 1. The van der Waals surface area contributed by atoms with Crippen molar-refractivity contribution in [3.8, 4) is 0 Å². The maximum Gasteiger partial charge on any atom is 0.138 e. The normalized spacial score (nSPS) is 43.5. The molecule has 4 aliphatic rings. The molecule has 35 heavy (non-hydrogen) atoms. The second kappa shape index (κ2) is 8.64. The molecule has 4 N–H and O–H groups in total. The predicted octanol–water partition coefficient (Wildman–Crippen LogP) is 4.65. The number of ketones is 1. The first-order chi connectivity index (χ1) is 16.0. The van der Waals surface area contributed by atoms with E-state index < -0.39 is 17.8 Å². The van der Waals surface area contributed by atoms with E-state index in [1.807, 2.05) is 0 Å². The molecule has 0 aliphatic heterocycles. The van der Waals surface area contributed by atoms with Gasteiger partial charge in [-0.2, -0.15) is 0 Å². The van der Waals surface area contributed by atoms with Crippen LogP contribution in [0, 0.1) is 45.3 Å². The van der Waals surface area contributed by atoms with Gasteiger partial charge in [0.15, 0.2) is 0 Å². The maximum atomic E-state index is 12.8. The van der Waals surface area contributed by atoms with Crippen molar-refractivity contribution in [2.45, 2.75) is 118 Å². The lowest BCUT2D eigenvalue weighted by molar-refractivity contribution is -0.146. The van der Waals surface area contributed by atoms with Crippen LogP contribution in [0.2, 0.25) is 0 Å². The number of allylic oxidation sites excluding steroid dienone is 2. The van der Waals surface area contributed by atoms with Gasteiger partial charge in [-0.1, -0.05) is 46.3 Å². The maximum absolute atomic E-state index is 12.8. The molecule has 4 rings (SSSR count). The summed E-state index contributed by atoms with van der Waals surface area (Å²) in [6, 6.07) is 0. The molecule has 0 bridgehead atoms. The average molecular weight is 491 g/mol. The van der Waals surface area contributed by atoms with Crippen LogP contribution >= 0.6 is 0 Å². The highest BCUT2D eigenvalue weighted by molar-refractivity contribution is 5.85. The molecule has 0 amide bonds. The molecule has 0 heterocycles. The summed E-state index contributed by atoms with van der Waals surface area (Å²) in [6.45, 7) is 14.6. The fraction of sp³-hybridized carbons (Fsp3) is 0.900. The van der Waals surface area contributed by atoms with Gasteiger partial charge in [0, 0.05) is 18.4 Å². The van der Waals surface area contributed by atoms with Gasteiger partial charge in [-0.25, -0.2) is 0 Å². The van der Waals surface area contributed by atoms with Gasteiger partial charge in [0.1, 0.15) is 11.9 Å². The highest BCUT2D eigenvalue weighted by atomic mass is 16.4. The van der Waals surface area contributed by atoms with Gasteiger partial charge in [0.2, 0.25) is 0 Å². The van der Waals surface area contributed by atoms with Gasteiger partial charge in [-0.3, -0.25) is 4.79 Å². The average Bonchev–Trinajstić information content (AvgIpc) is 3.05. The number of rotatable bonds is 6. The SMILES string of the molecule is CC(C)(O)[C@@H](O)[C@H](O)C[C@H](CO)[C@@H]1CC[C@]2(C)C3=CC[C@H]4C(C)(C)C(=O)CC[C@]4(C)[C@H]3CC[C@@]12C. The molecule has 0 saturated heterocycles. The van der Waals surface area contributed by atoms with Crippen molar-refractivity contribution < 1.29 is 25.2 Å². The zero-order valence-electron chi connectivity index (χ0n) is 23.1. The molecule has 0 spiro atoms. The number of aliphatic hydroxyl groups is 4. The number of hydrogen-bond donors (Lipinski definition) is 4. The van der Waals surface area contributed by atoms with Crippen LogP contribution in [0.3, 0.4) is 0 Å². The molecular weight excluding hydrogens is 440 g/mol. The summed E-state index contributed by atoms with van der Waals surface area (Å²) in [7, 11) is 0. The van der Waals surface area contributed by atoms with E-state index in [0.717, 1.165) is 38.5 Å². The summed E-state index contributed by atoms with van der Waals surface area (Å²) >= 11 is 0. The minimum atomic E-state index is -1.39. The molecule has 200 valence electrons. The van der Waals surface area contributed by atoms with Crippen LogP contribution in [0.15, 0.2) is 11.6 Å². The molecule has 3 fully saturated rings. The van der Waals surface area contributed by atoms with E-state index in [4.69, 9.17) is 0 Å². The van der Waals surface area contributed by atoms with E-state index in [2.05, 4.69) is 40.7 Å². The second-order valence-corrected chi connectivity index (χ2v) is 14.4. The van der Waals surface area contributed by atoms with Crippen LogP contribution in [-0.4, -0.2) is 50.6 Å². The Morgan fingerprint density at radius 1 is 1.06 bits per heavy atom. The van der Waals surface area contributed by atoms with Crippen molar-refractivity contribution in [1.29, 1.82) is 0 Å². The molecule has 0 aromatic carbocycles. The van der Waals surface area contributed by atoms with Crippen LogP contribution < -0.4 is 0 Å². The fourth-order valence-corrected chi connectivity index (χ4v) is 9.59. The van der Waals surface area contributed by atoms with E-state index in [-0.39, 0.29) is 46.5 Å². The van der Waals surface area contributed by atoms with Gasteiger partial charge in [0.25, 0.3) is 0 Å². The lowest BCUT2D eigenvalue weighted by Crippen LogP contribution is -2.57. The minimum Gasteiger partial charge on any atom is -0.396 e. The van der Waals surface area contributed by atoms with Crippen LogP contribution in [-0.2, 0) is 4.79 Å². The van der Waals surface area contributed by atoms with E-state index in [9.17, 15) is 25.2 Å². The summed E-state index contributed by atoms with van der Waals surface area (Å²) in [5.41, 5.74) is 0.117. The first-order valence-corrected chi connectivity index (χ1v) is 14.0. The molecule has 0 aromatic rings. The Kier molecular flexibility index (Phi) is 6.74. The topological polar surface area (TPSA) is 98.0 Å². The van der Waals surface area contributed by atoms with E-state index >= 15 is 0 Å². The standard InChI is InChI=1S/C30H50O5/c1-26(2)23-9-8-21-20(28(23,5)13-12-24(26)33)11-15-29(6)19(10-14-30(21,29)7)18(17-31)16-22(32)25(34)27(3,4)35/h8,18-20,22-23,25,31-32,34-35H,9-17H2,1-7H3/t18-,19+,20+,22-,23+,25+,28-,29+,30-/m1/s1. The predicted molar refractivity (Wildman–Crippen MR) is 137 cm³/mol. The minimum absolute atomic E-state index is 0.00529. The smallest absolute Gasteiger partial charge is 0.138 e. The summed E-state index contributed by atoms with van der Waals surface area (Å²) in [5, 5.41) is 41.8. The first-order valence-electron chi connectivity index (χ1n) is 14.0. The lowest BCUT2D eigenvalue weighted by atomic mass is 9.41. The second-order valence-electron chi connectivity index (χ2n) is 14.4. The van der Waals surface area contributed by atoms with E-state index in [1.54, 1.807) is 5.57 Å². The molecule has 5 heteroatoms.